The van der Waals surface area contributed by atoms with E-state index in [4.69, 9.17) is 9.26 Å². The Morgan fingerprint density at radius 1 is 1.43 bits per heavy atom. The molecule has 1 aliphatic rings. The van der Waals surface area contributed by atoms with Gasteiger partial charge in [0.15, 0.2) is 5.82 Å². The van der Waals surface area contributed by atoms with Crippen LogP contribution in [0, 0.1) is 6.92 Å². The Hall–Kier alpha value is -2.37. The summed E-state index contributed by atoms with van der Waals surface area (Å²) < 4.78 is 10.5. The van der Waals surface area contributed by atoms with E-state index < -0.39 is 0 Å². The standard InChI is InChI=1S/C15H17N3O3/c1-10-16-14(21-17-10)11-7-8-18(9-11)15(19)12-5-3-4-6-13(12)20-2/h3-6,11H,7-9H2,1-2H3/t11-/m0/s1. The van der Waals surface area contributed by atoms with Crippen LogP contribution in [0.4, 0.5) is 0 Å². The van der Waals surface area contributed by atoms with Gasteiger partial charge in [-0.25, -0.2) is 0 Å². The molecule has 21 heavy (non-hydrogen) atoms. The maximum atomic E-state index is 12.6. The van der Waals surface area contributed by atoms with Crippen molar-refractivity contribution < 1.29 is 14.1 Å². The van der Waals surface area contributed by atoms with Crippen molar-refractivity contribution in [2.24, 2.45) is 0 Å². The molecule has 2 aromatic rings. The van der Waals surface area contributed by atoms with Gasteiger partial charge in [0, 0.05) is 13.1 Å². The van der Waals surface area contributed by atoms with Gasteiger partial charge < -0.3 is 14.2 Å². The second-order valence-electron chi connectivity index (χ2n) is 5.12. The topological polar surface area (TPSA) is 68.5 Å². The molecule has 1 amide bonds. The van der Waals surface area contributed by atoms with E-state index >= 15 is 0 Å². The van der Waals surface area contributed by atoms with E-state index in [1.54, 1.807) is 26.2 Å². The van der Waals surface area contributed by atoms with Crippen molar-refractivity contribution in [3.8, 4) is 5.75 Å². The molecule has 0 aliphatic carbocycles. The van der Waals surface area contributed by atoms with Crippen LogP contribution in [0.25, 0.3) is 0 Å². The number of methoxy groups -OCH3 is 1. The molecule has 6 nitrogen and oxygen atoms in total. The third-order valence-electron chi connectivity index (χ3n) is 3.71. The molecule has 1 aromatic heterocycles. The molecule has 6 heteroatoms. The number of para-hydroxylation sites is 1. The van der Waals surface area contributed by atoms with Gasteiger partial charge in [0.1, 0.15) is 5.75 Å². The number of hydrogen-bond donors (Lipinski definition) is 0. The zero-order chi connectivity index (χ0) is 14.8. The molecule has 0 spiro atoms. The van der Waals surface area contributed by atoms with Crippen LogP contribution in [0.2, 0.25) is 0 Å². The van der Waals surface area contributed by atoms with E-state index in [-0.39, 0.29) is 11.8 Å². The number of amides is 1. The monoisotopic (exact) mass is 287 g/mol. The van der Waals surface area contributed by atoms with Gasteiger partial charge in [0.05, 0.1) is 18.6 Å². The highest BCUT2D eigenvalue weighted by Gasteiger charge is 2.32. The fraction of sp³-hybridized carbons (Fsp3) is 0.400. The van der Waals surface area contributed by atoms with Gasteiger partial charge in [-0.2, -0.15) is 4.98 Å². The first-order valence-corrected chi connectivity index (χ1v) is 6.91. The number of aryl methyl sites for hydroxylation is 1. The summed E-state index contributed by atoms with van der Waals surface area (Å²) in [5, 5.41) is 3.81. The predicted molar refractivity (Wildman–Crippen MR) is 75.3 cm³/mol. The van der Waals surface area contributed by atoms with Crippen LogP contribution in [0.5, 0.6) is 5.75 Å². The van der Waals surface area contributed by atoms with Gasteiger partial charge >= 0.3 is 0 Å². The van der Waals surface area contributed by atoms with E-state index in [0.29, 0.717) is 36.1 Å². The average Bonchev–Trinajstić information content (AvgIpc) is 3.15. The van der Waals surface area contributed by atoms with E-state index in [2.05, 4.69) is 10.1 Å². The molecule has 110 valence electrons. The summed E-state index contributed by atoms with van der Waals surface area (Å²) in [6.07, 6.45) is 0.836. The van der Waals surface area contributed by atoms with E-state index in [1.807, 2.05) is 17.0 Å². The summed E-state index contributed by atoms with van der Waals surface area (Å²) in [7, 11) is 1.57. The van der Waals surface area contributed by atoms with Crippen molar-refractivity contribution in [1.82, 2.24) is 15.0 Å². The lowest BCUT2D eigenvalue weighted by Gasteiger charge is -2.17. The number of carbonyl (C=O) groups is 1. The van der Waals surface area contributed by atoms with Crippen LogP contribution in [0.15, 0.2) is 28.8 Å². The molecular weight excluding hydrogens is 270 g/mol. The third kappa shape index (κ3) is 2.61. The van der Waals surface area contributed by atoms with Crippen molar-refractivity contribution in [3.05, 3.63) is 41.5 Å². The molecule has 0 N–H and O–H groups in total. The highest BCUT2D eigenvalue weighted by atomic mass is 16.5. The minimum Gasteiger partial charge on any atom is -0.496 e. The fourth-order valence-corrected chi connectivity index (χ4v) is 2.62. The Kier molecular flexibility index (Phi) is 3.60. The molecule has 0 bridgehead atoms. The van der Waals surface area contributed by atoms with Crippen LogP contribution < -0.4 is 4.74 Å². The Balaban J connectivity index is 1.75. The van der Waals surface area contributed by atoms with Gasteiger partial charge in [-0.15, -0.1) is 0 Å². The summed E-state index contributed by atoms with van der Waals surface area (Å²) in [5.41, 5.74) is 0.586. The average molecular weight is 287 g/mol. The van der Waals surface area contributed by atoms with Crippen molar-refractivity contribution in [2.75, 3.05) is 20.2 Å². The summed E-state index contributed by atoms with van der Waals surface area (Å²) in [6, 6.07) is 7.27. The van der Waals surface area contributed by atoms with Gasteiger partial charge in [0.25, 0.3) is 5.91 Å². The number of hydrogen-bond acceptors (Lipinski definition) is 5. The largest absolute Gasteiger partial charge is 0.496 e. The predicted octanol–water partition coefficient (Wildman–Crippen LogP) is 2.02. The SMILES string of the molecule is COc1ccccc1C(=O)N1CC[C@H](c2nc(C)no2)C1. The molecule has 3 rings (SSSR count). The Labute approximate surface area is 122 Å². The molecule has 1 aliphatic heterocycles. The molecule has 2 heterocycles. The van der Waals surface area contributed by atoms with Crippen molar-refractivity contribution >= 4 is 5.91 Å². The molecule has 1 aromatic carbocycles. The molecule has 0 saturated carbocycles. The lowest BCUT2D eigenvalue weighted by atomic mass is 10.1. The number of likely N-dealkylation sites (tertiary alicyclic amines) is 1. The molecule has 1 atom stereocenters. The Bertz CT molecular complexity index is 653. The summed E-state index contributed by atoms with van der Waals surface area (Å²) in [4.78, 5) is 18.6. The van der Waals surface area contributed by atoms with Crippen LogP contribution >= 0.6 is 0 Å². The van der Waals surface area contributed by atoms with Crippen molar-refractivity contribution in [3.63, 3.8) is 0 Å². The Morgan fingerprint density at radius 2 is 2.24 bits per heavy atom. The number of ether oxygens (including phenoxy) is 1. The zero-order valence-corrected chi connectivity index (χ0v) is 12.1. The van der Waals surface area contributed by atoms with Crippen LogP contribution in [-0.2, 0) is 0 Å². The third-order valence-corrected chi connectivity index (χ3v) is 3.71. The van der Waals surface area contributed by atoms with Crippen LogP contribution in [-0.4, -0.2) is 41.1 Å². The van der Waals surface area contributed by atoms with Crippen molar-refractivity contribution in [2.45, 2.75) is 19.3 Å². The minimum atomic E-state index is -0.0220. The number of benzene rings is 1. The van der Waals surface area contributed by atoms with E-state index in [9.17, 15) is 4.79 Å². The normalized spacial score (nSPS) is 18.0. The number of carbonyl (C=O) groups excluding carboxylic acids is 1. The molecule has 1 saturated heterocycles. The van der Waals surface area contributed by atoms with Gasteiger partial charge in [-0.05, 0) is 25.5 Å². The molecule has 0 unspecified atom stereocenters. The molecular formula is C15H17N3O3. The fourth-order valence-electron chi connectivity index (χ4n) is 2.62. The van der Waals surface area contributed by atoms with Gasteiger partial charge in [-0.1, -0.05) is 17.3 Å². The zero-order valence-electron chi connectivity index (χ0n) is 12.1. The first kappa shape index (κ1) is 13.6. The summed E-state index contributed by atoms with van der Waals surface area (Å²) >= 11 is 0. The van der Waals surface area contributed by atoms with Gasteiger partial charge in [-0.3, -0.25) is 4.79 Å². The summed E-state index contributed by atoms with van der Waals surface area (Å²) in [6.45, 7) is 3.07. The van der Waals surface area contributed by atoms with Crippen molar-refractivity contribution in [1.29, 1.82) is 0 Å². The second kappa shape index (κ2) is 5.55. The maximum absolute atomic E-state index is 12.6. The molecule has 1 fully saturated rings. The first-order chi connectivity index (χ1) is 10.2. The molecule has 0 radical (unpaired) electrons. The number of aromatic nitrogens is 2. The highest BCUT2D eigenvalue weighted by Crippen LogP contribution is 2.28. The lowest BCUT2D eigenvalue weighted by molar-refractivity contribution is 0.0786. The minimum absolute atomic E-state index is 0.0220. The van der Waals surface area contributed by atoms with E-state index in [1.165, 1.54) is 0 Å². The first-order valence-electron chi connectivity index (χ1n) is 6.91. The second-order valence-corrected chi connectivity index (χ2v) is 5.12. The smallest absolute Gasteiger partial charge is 0.257 e. The summed E-state index contributed by atoms with van der Waals surface area (Å²) in [5.74, 6) is 1.93. The number of rotatable bonds is 3. The van der Waals surface area contributed by atoms with Crippen LogP contribution in [0.1, 0.15) is 34.4 Å². The quantitative estimate of drug-likeness (QED) is 0.864. The number of nitrogens with zero attached hydrogens (tertiary/aromatic N) is 3. The van der Waals surface area contributed by atoms with Gasteiger partial charge in [0.2, 0.25) is 5.89 Å². The van der Waals surface area contributed by atoms with E-state index in [0.717, 1.165) is 6.42 Å². The van der Waals surface area contributed by atoms with Crippen LogP contribution in [0.3, 0.4) is 0 Å². The lowest BCUT2D eigenvalue weighted by Crippen LogP contribution is -2.28. The highest BCUT2D eigenvalue weighted by molar-refractivity contribution is 5.97. The maximum Gasteiger partial charge on any atom is 0.257 e. The Morgan fingerprint density at radius 3 is 2.95 bits per heavy atom.